The van der Waals surface area contributed by atoms with Crippen LogP contribution in [0, 0.1) is 17.8 Å². The number of methoxy groups -OCH3 is 1. The molecule has 6 heteroatoms. The second kappa shape index (κ2) is 8.24. The number of nitrogens with zero attached hydrogens (tertiary/aromatic N) is 3. The van der Waals surface area contributed by atoms with Crippen LogP contribution in [0.3, 0.4) is 0 Å². The van der Waals surface area contributed by atoms with Gasteiger partial charge in [-0.15, -0.1) is 10.2 Å². The van der Waals surface area contributed by atoms with E-state index in [0.717, 1.165) is 34.1 Å². The monoisotopic (exact) mass is 459 g/mol. The van der Waals surface area contributed by atoms with Gasteiger partial charge in [-0.1, -0.05) is 41.7 Å². The highest BCUT2D eigenvalue weighted by molar-refractivity contribution is 7.15. The number of carbonyl (C=O) groups excluding carboxylic acids is 1. The van der Waals surface area contributed by atoms with Gasteiger partial charge in [0.1, 0.15) is 10.8 Å². The predicted molar refractivity (Wildman–Crippen MR) is 130 cm³/mol. The summed E-state index contributed by atoms with van der Waals surface area (Å²) in [6.45, 7) is 0.473. The number of benzene rings is 2. The van der Waals surface area contributed by atoms with Gasteiger partial charge >= 0.3 is 0 Å². The molecule has 3 aromatic rings. The second-order valence-electron chi connectivity index (χ2n) is 10.2. The van der Waals surface area contributed by atoms with Gasteiger partial charge in [-0.3, -0.25) is 9.69 Å². The van der Waals surface area contributed by atoms with Gasteiger partial charge in [0.25, 0.3) is 5.91 Å². The van der Waals surface area contributed by atoms with Crippen LogP contribution < -0.4 is 9.64 Å². The molecule has 0 spiro atoms. The Kier molecular flexibility index (Phi) is 5.21. The number of ether oxygens (including phenoxy) is 1. The van der Waals surface area contributed by atoms with Crippen LogP contribution in [-0.4, -0.2) is 23.2 Å². The molecule has 0 radical (unpaired) electrons. The third-order valence-corrected chi connectivity index (χ3v) is 9.10. The molecular formula is C27H29N3O2S. The van der Waals surface area contributed by atoms with E-state index in [2.05, 4.69) is 17.2 Å². The highest BCUT2D eigenvalue weighted by Crippen LogP contribution is 2.61. The van der Waals surface area contributed by atoms with Crippen LogP contribution in [0.15, 0.2) is 54.6 Å². The molecular weight excluding hydrogens is 430 g/mol. The minimum absolute atomic E-state index is 0.0604. The van der Waals surface area contributed by atoms with Crippen molar-refractivity contribution in [2.45, 2.75) is 50.5 Å². The largest absolute Gasteiger partial charge is 0.497 e. The van der Waals surface area contributed by atoms with E-state index in [1.807, 2.05) is 42.5 Å². The van der Waals surface area contributed by atoms with Gasteiger partial charge in [0.2, 0.25) is 5.13 Å². The first kappa shape index (κ1) is 20.8. The molecule has 1 heterocycles. The molecule has 2 aromatic carbocycles. The summed E-state index contributed by atoms with van der Waals surface area (Å²) in [7, 11) is 1.63. The summed E-state index contributed by atoms with van der Waals surface area (Å²) < 4.78 is 5.26. The molecule has 0 N–H and O–H groups in total. The van der Waals surface area contributed by atoms with Gasteiger partial charge in [0, 0.05) is 11.0 Å². The van der Waals surface area contributed by atoms with Crippen molar-refractivity contribution in [1.82, 2.24) is 10.2 Å². The van der Waals surface area contributed by atoms with E-state index in [1.165, 1.54) is 38.5 Å². The molecule has 5 nitrogen and oxygen atoms in total. The van der Waals surface area contributed by atoms with Gasteiger partial charge < -0.3 is 4.74 Å². The van der Waals surface area contributed by atoms with Crippen molar-refractivity contribution in [1.29, 1.82) is 0 Å². The molecule has 4 saturated carbocycles. The van der Waals surface area contributed by atoms with Crippen LogP contribution in [0.1, 0.15) is 59.5 Å². The average Bonchev–Trinajstić information content (AvgIpc) is 3.33. The first-order chi connectivity index (χ1) is 16.1. The maximum absolute atomic E-state index is 13.6. The zero-order valence-corrected chi connectivity index (χ0v) is 19.8. The molecule has 4 aliphatic rings. The molecule has 0 saturated heterocycles. The second-order valence-corrected chi connectivity index (χ2v) is 11.1. The summed E-state index contributed by atoms with van der Waals surface area (Å²) >= 11 is 1.64. The van der Waals surface area contributed by atoms with Crippen molar-refractivity contribution in [2.24, 2.45) is 17.8 Å². The van der Waals surface area contributed by atoms with Gasteiger partial charge in [0.05, 0.1) is 13.7 Å². The third-order valence-electron chi connectivity index (χ3n) is 7.90. The predicted octanol–water partition coefficient (Wildman–Crippen LogP) is 5.86. The van der Waals surface area contributed by atoms with E-state index >= 15 is 0 Å². The standard InChI is InChI=1S/C27H29N3O2S/c1-32-23-9-7-22(8-10-23)24(31)30(17-18-5-3-2-4-6-18)26-29-28-25(33-26)27-14-19-11-20(15-27)13-21(12-19)16-27/h2-10,19-21H,11-17H2,1H3. The normalized spacial score (nSPS) is 27.5. The number of hydrogen-bond acceptors (Lipinski definition) is 5. The van der Waals surface area contributed by atoms with Gasteiger partial charge in [-0.2, -0.15) is 0 Å². The molecule has 0 atom stereocenters. The topological polar surface area (TPSA) is 55.3 Å². The first-order valence-electron chi connectivity index (χ1n) is 12.0. The van der Waals surface area contributed by atoms with Crippen molar-refractivity contribution < 1.29 is 9.53 Å². The SMILES string of the molecule is COc1ccc(C(=O)N(Cc2ccccc2)c2nnc(C34CC5CC(CC(C5)C3)C4)s2)cc1. The average molecular weight is 460 g/mol. The number of rotatable bonds is 6. The highest BCUT2D eigenvalue weighted by Gasteiger charge is 2.53. The van der Waals surface area contributed by atoms with Crippen LogP contribution in [0.4, 0.5) is 5.13 Å². The van der Waals surface area contributed by atoms with Gasteiger partial charge in [-0.05, 0) is 86.1 Å². The first-order valence-corrected chi connectivity index (χ1v) is 12.8. The fourth-order valence-electron chi connectivity index (χ4n) is 6.79. The van der Waals surface area contributed by atoms with E-state index in [9.17, 15) is 4.79 Å². The summed E-state index contributed by atoms with van der Waals surface area (Å²) in [6.07, 6.45) is 7.96. The Balaban J connectivity index is 1.33. The fraction of sp³-hybridized carbons (Fsp3) is 0.444. The zero-order valence-electron chi connectivity index (χ0n) is 18.9. The number of aromatic nitrogens is 2. The molecule has 7 rings (SSSR count). The number of anilines is 1. The smallest absolute Gasteiger partial charge is 0.260 e. The lowest BCUT2D eigenvalue weighted by atomic mass is 9.50. The van der Waals surface area contributed by atoms with Crippen molar-refractivity contribution in [2.75, 3.05) is 12.0 Å². The molecule has 0 unspecified atom stereocenters. The Morgan fingerprint density at radius 2 is 1.61 bits per heavy atom. The van der Waals surface area contributed by atoms with Crippen LogP contribution in [0.5, 0.6) is 5.75 Å². The molecule has 0 aliphatic heterocycles. The number of carbonyl (C=O) groups is 1. The van der Waals surface area contributed by atoms with Crippen LogP contribution in [0.2, 0.25) is 0 Å². The summed E-state index contributed by atoms with van der Waals surface area (Å²) in [4.78, 5) is 15.4. The van der Waals surface area contributed by atoms with E-state index in [0.29, 0.717) is 17.2 Å². The zero-order chi connectivity index (χ0) is 22.4. The molecule has 33 heavy (non-hydrogen) atoms. The van der Waals surface area contributed by atoms with E-state index in [4.69, 9.17) is 9.84 Å². The lowest BCUT2D eigenvalue weighted by molar-refractivity contribution is -0.00555. The van der Waals surface area contributed by atoms with E-state index in [1.54, 1.807) is 23.3 Å². The Morgan fingerprint density at radius 3 is 2.21 bits per heavy atom. The summed E-state index contributed by atoms with van der Waals surface area (Å²) in [5.74, 6) is 3.23. The van der Waals surface area contributed by atoms with Gasteiger partial charge in [-0.25, -0.2) is 0 Å². The van der Waals surface area contributed by atoms with Crippen molar-refractivity contribution in [3.63, 3.8) is 0 Å². The van der Waals surface area contributed by atoms with E-state index in [-0.39, 0.29) is 11.3 Å². The minimum atomic E-state index is -0.0604. The molecule has 4 aliphatic carbocycles. The quantitative estimate of drug-likeness (QED) is 0.463. The molecule has 1 aromatic heterocycles. The summed E-state index contributed by atoms with van der Waals surface area (Å²) in [6, 6.07) is 17.4. The number of amides is 1. The maximum atomic E-state index is 13.6. The van der Waals surface area contributed by atoms with Gasteiger partial charge in [0.15, 0.2) is 0 Å². The van der Waals surface area contributed by atoms with Crippen molar-refractivity contribution in [3.8, 4) is 5.75 Å². The van der Waals surface area contributed by atoms with Crippen molar-refractivity contribution in [3.05, 3.63) is 70.7 Å². The van der Waals surface area contributed by atoms with E-state index < -0.39 is 0 Å². The highest BCUT2D eigenvalue weighted by atomic mass is 32.1. The molecule has 4 bridgehead atoms. The molecule has 170 valence electrons. The van der Waals surface area contributed by atoms with Crippen LogP contribution >= 0.6 is 11.3 Å². The Bertz CT molecular complexity index is 1110. The van der Waals surface area contributed by atoms with Crippen LogP contribution in [0.25, 0.3) is 0 Å². The van der Waals surface area contributed by atoms with Crippen LogP contribution in [-0.2, 0) is 12.0 Å². The fourth-order valence-corrected chi connectivity index (χ4v) is 7.85. The summed E-state index contributed by atoms with van der Waals surface area (Å²) in [5.41, 5.74) is 1.89. The Labute approximate surface area is 198 Å². The lowest BCUT2D eigenvalue weighted by Gasteiger charge is -2.55. The number of hydrogen-bond donors (Lipinski definition) is 0. The molecule has 4 fully saturated rings. The van der Waals surface area contributed by atoms with Crippen molar-refractivity contribution >= 4 is 22.4 Å². The maximum Gasteiger partial charge on any atom is 0.260 e. The lowest BCUT2D eigenvalue weighted by Crippen LogP contribution is -2.48. The summed E-state index contributed by atoms with van der Waals surface area (Å²) in [5, 5.41) is 11.2. The Morgan fingerprint density at radius 1 is 0.970 bits per heavy atom. The Hall–Kier alpha value is -2.73. The third kappa shape index (κ3) is 3.84. The molecule has 1 amide bonds. The minimum Gasteiger partial charge on any atom is -0.497 e.